The molecule has 0 unspecified atom stereocenters. The number of H-pyrrole nitrogens is 1. The number of methoxy groups -OCH3 is 1. The summed E-state index contributed by atoms with van der Waals surface area (Å²) < 4.78 is 7.74. The van der Waals surface area contributed by atoms with Gasteiger partial charge in [0.1, 0.15) is 11.6 Å². The zero-order valence-corrected chi connectivity index (χ0v) is 22.1. The standard InChI is InChI=1S/C30H27N7O3/c1-18(34-17-31)35-29-27-26(25(40-2)15-33-29)21(14-32-27)28(38)30(39)36-13-12-24-22(16-36)20-10-6-7-11-23(20)37(24)19-8-4-3-5-9-19/h3-11,14-15,17,32H,12-13,16H2,1-2H3,(H2,31,33,34,35). The van der Waals surface area contributed by atoms with E-state index >= 15 is 0 Å². The van der Waals surface area contributed by atoms with Crippen LogP contribution in [0.15, 0.2) is 77.0 Å². The molecular formula is C30H27N7O3. The number of rotatable bonds is 5. The monoisotopic (exact) mass is 533 g/mol. The Morgan fingerprint density at radius 2 is 1.90 bits per heavy atom. The summed E-state index contributed by atoms with van der Waals surface area (Å²) in [6.45, 7) is 2.44. The van der Waals surface area contributed by atoms with Crippen LogP contribution >= 0.6 is 0 Å². The van der Waals surface area contributed by atoms with Crippen molar-refractivity contribution in [1.82, 2.24) is 19.4 Å². The van der Waals surface area contributed by atoms with Gasteiger partial charge in [-0.1, -0.05) is 36.4 Å². The molecule has 3 N–H and O–H groups in total. The number of nitrogens with two attached hydrogens (primary N) is 1. The van der Waals surface area contributed by atoms with Crippen LogP contribution in [0.3, 0.4) is 0 Å². The largest absolute Gasteiger partial charge is 0.494 e. The molecule has 4 heterocycles. The van der Waals surface area contributed by atoms with Crippen molar-refractivity contribution in [3.8, 4) is 11.4 Å². The van der Waals surface area contributed by atoms with Crippen LogP contribution in [0.5, 0.6) is 5.75 Å². The maximum atomic E-state index is 13.7. The summed E-state index contributed by atoms with van der Waals surface area (Å²) in [5, 5.41) is 1.52. The smallest absolute Gasteiger partial charge is 0.295 e. The van der Waals surface area contributed by atoms with E-state index in [0.29, 0.717) is 47.8 Å². The third kappa shape index (κ3) is 4.10. The number of aromatic amines is 1. The lowest BCUT2D eigenvalue weighted by molar-refractivity contribution is -0.127. The highest BCUT2D eigenvalue weighted by atomic mass is 16.5. The fraction of sp³-hybridized carbons (Fsp3) is 0.167. The molecular weight excluding hydrogens is 506 g/mol. The minimum Gasteiger partial charge on any atom is -0.494 e. The highest BCUT2D eigenvalue weighted by Gasteiger charge is 2.32. The number of hydrogen-bond acceptors (Lipinski definition) is 5. The molecule has 1 amide bonds. The summed E-state index contributed by atoms with van der Waals surface area (Å²) in [5.74, 6) is -0.146. The number of carbonyl (C=O) groups excluding carboxylic acids is 2. The Kier molecular flexibility index (Phi) is 6.35. The number of ether oxygens (including phenoxy) is 1. The zero-order chi connectivity index (χ0) is 27.8. The fourth-order valence-electron chi connectivity index (χ4n) is 5.43. The maximum Gasteiger partial charge on any atom is 0.295 e. The molecule has 1 aliphatic rings. The number of nitrogens with zero attached hydrogens (tertiary/aromatic N) is 5. The minimum atomic E-state index is -0.627. The predicted molar refractivity (Wildman–Crippen MR) is 155 cm³/mol. The van der Waals surface area contributed by atoms with Gasteiger partial charge in [0.05, 0.1) is 41.6 Å². The quantitative estimate of drug-likeness (QED) is 0.150. The SMILES string of the molecule is COc1cnc(N=C(C)N=CN)c2[nH]cc(C(=O)C(=O)N3CCc4c(c5ccccc5n4-c4ccccc4)C3)c12. The lowest BCUT2D eigenvalue weighted by Gasteiger charge is -2.28. The van der Waals surface area contributed by atoms with Crippen LogP contribution in [0, 0.1) is 0 Å². The van der Waals surface area contributed by atoms with E-state index < -0.39 is 11.7 Å². The maximum absolute atomic E-state index is 13.7. The molecule has 200 valence electrons. The Labute approximate surface area is 229 Å². The number of Topliss-reactive ketones (excluding diaryl/α,β-unsaturated/α-hetero) is 1. The third-order valence-electron chi connectivity index (χ3n) is 7.20. The topological polar surface area (TPSA) is 131 Å². The number of amides is 1. The Bertz CT molecular complexity index is 1830. The van der Waals surface area contributed by atoms with Gasteiger partial charge in [-0.3, -0.25) is 9.59 Å². The van der Waals surface area contributed by atoms with E-state index in [1.807, 2.05) is 30.3 Å². The van der Waals surface area contributed by atoms with Gasteiger partial charge in [0.25, 0.3) is 11.7 Å². The first kappa shape index (κ1) is 25.1. The van der Waals surface area contributed by atoms with Gasteiger partial charge in [0.2, 0.25) is 0 Å². The van der Waals surface area contributed by atoms with E-state index in [2.05, 4.69) is 48.8 Å². The van der Waals surface area contributed by atoms with Gasteiger partial charge in [-0.2, -0.15) is 0 Å². The number of nitrogens with one attached hydrogen (secondary N) is 1. The normalized spacial score (nSPS) is 13.8. The van der Waals surface area contributed by atoms with Crippen molar-refractivity contribution in [3.05, 3.63) is 83.8 Å². The molecule has 10 heteroatoms. The highest BCUT2D eigenvalue weighted by molar-refractivity contribution is 6.45. The second-order valence-electron chi connectivity index (χ2n) is 9.46. The van der Waals surface area contributed by atoms with E-state index in [1.165, 1.54) is 19.5 Å². The van der Waals surface area contributed by atoms with Crippen molar-refractivity contribution < 1.29 is 14.3 Å². The fourth-order valence-corrected chi connectivity index (χ4v) is 5.43. The molecule has 0 bridgehead atoms. The van der Waals surface area contributed by atoms with Crippen molar-refractivity contribution in [2.24, 2.45) is 15.7 Å². The second-order valence-corrected chi connectivity index (χ2v) is 9.46. The van der Waals surface area contributed by atoms with Gasteiger partial charge in [-0.15, -0.1) is 0 Å². The summed E-state index contributed by atoms with van der Waals surface area (Å²) in [6.07, 6.45) is 4.75. The highest BCUT2D eigenvalue weighted by Crippen LogP contribution is 2.36. The molecule has 1 aliphatic heterocycles. The molecule has 0 saturated heterocycles. The first-order valence-corrected chi connectivity index (χ1v) is 12.9. The molecule has 0 radical (unpaired) electrons. The first-order chi connectivity index (χ1) is 19.5. The van der Waals surface area contributed by atoms with Gasteiger partial charge in [-0.05, 0) is 25.1 Å². The number of carbonyl (C=O) groups is 2. The van der Waals surface area contributed by atoms with Crippen molar-refractivity contribution in [2.45, 2.75) is 19.9 Å². The zero-order valence-electron chi connectivity index (χ0n) is 22.1. The van der Waals surface area contributed by atoms with Crippen molar-refractivity contribution in [3.63, 3.8) is 0 Å². The van der Waals surface area contributed by atoms with Crippen LogP contribution in [-0.2, 0) is 17.8 Å². The second kappa shape index (κ2) is 10.1. The number of benzene rings is 2. The van der Waals surface area contributed by atoms with E-state index in [9.17, 15) is 9.59 Å². The molecule has 0 atom stereocenters. The average molecular weight is 534 g/mol. The van der Waals surface area contributed by atoms with Gasteiger partial charge < -0.3 is 24.9 Å². The van der Waals surface area contributed by atoms with Crippen LogP contribution in [0.4, 0.5) is 5.82 Å². The molecule has 0 spiro atoms. The molecule has 3 aromatic heterocycles. The van der Waals surface area contributed by atoms with E-state index in [1.54, 1.807) is 11.8 Å². The lowest BCUT2D eigenvalue weighted by atomic mass is 10.0. The third-order valence-corrected chi connectivity index (χ3v) is 7.20. The predicted octanol–water partition coefficient (Wildman–Crippen LogP) is 4.32. The molecule has 2 aromatic carbocycles. The number of aliphatic imine (C=N–C) groups is 2. The number of ketones is 1. The Morgan fingerprint density at radius 1 is 1.12 bits per heavy atom. The summed E-state index contributed by atoms with van der Waals surface area (Å²) in [6, 6.07) is 18.4. The summed E-state index contributed by atoms with van der Waals surface area (Å²) in [5.41, 5.74) is 10.4. The van der Waals surface area contributed by atoms with Crippen LogP contribution in [-0.4, -0.2) is 57.0 Å². The molecule has 10 nitrogen and oxygen atoms in total. The van der Waals surface area contributed by atoms with Gasteiger partial charge in [0.15, 0.2) is 5.82 Å². The summed E-state index contributed by atoms with van der Waals surface area (Å²) in [4.78, 5) is 44.6. The van der Waals surface area contributed by atoms with Crippen LogP contribution in [0.1, 0.15) is 28.5 Å². The lowest BCUT2D eigenvalue weighted by Crippen LogP contribution is -2.40. The first-order valence-electron chi connectivity index (χ1n) is 12.9. The van der Waals surface area contributed by atoms with E-state index in [0.717, 1.165) is 34.2 Å². The molecule has 5 aromatic rings. The van der Waals surface area contributed by atoms with Crippen LogP contribution in [0.25, 0.3) is 27.5 Å². The number of hydrogen-bond donors (Lipinski definition) is 2. The molecule has 0 saturated carbocycles. The number of pyridine rings is 1. The molecule has 0 fully saturated rings. The molecule has 6 rings (SSSR count). The van der Waals surface area contributed by atoms with Crippen LogP contribution in [0.2, 0.25) is 0 Å². The summed E-state index contributed by atoms with van der Waals surface area (Å²) in [7, 11) is 1.49. The Balaban J connectivity index is 1.36. The van der Waals surface area contributed by atoms with Crippen molar-refractivity contribution >= 4 is 51.5 Å². The Morgan fingerprint density at radius 3 is 2.67 bits per heavy atom. The van der Waals surface area contributed by atoms with Gasteiger partial charge >= 0.3 is 0 Å². The summed E-state index contributed by atoms with van der Waals surface area (Å²) >= 11 is 0. The van der Waals surface area contributed by atoms with Crippen LogP contribution < -0.4 is 10.5 Å². The van der Waals surface area contributed by atoms with Gasteiger partial charge in [0, 0.05) is 48.0 Å². The van der Waals surface area contributed by atoms with Crippen molar-refractivity contribution in [2.75, 3.05) is 13.7 Å². The molecule has 0 aliphatic carbocycles. The van der Waals surface area contributed by atoms with E-state index in [-0.39, 0.29) is 5.56 Å². The number of amidine groups is 1. The number of para-hydroxylation sites is 2. The number of aromatic nitrogens is 3. The van der Waals surface area contributed by atoms with Crippen molar-refractivity contribution in [1.29, 1.82) is 0 Å². The Hall–Kier alpha value is -5.25. The van der Waals surface area contributed by atoms with E-state index in [4.69, 9.17) is 10.5 Å². The van der Waals surface area contributed by atoms with Gasteiger partial charge in [-0.25, -0.2) is 15.0 Å². The minimum absolute atomic E-state index is 0.202. The number of fused-ring (bicyclic) bond motifs is 4. The molecule has 40 heavy (non-hydrogen) atoms. The average Bonchev–Trinajstić information content (AvgIpc) is 3.57.